The molecule has 20 heavy (non-hydrogen) atoms. The largest absolute Gasteiger partial charge is 0.352 e. The molecule has 0 saturated heterocycles. The average molecular weight is 275 g/mol. The monoisotopic (exact) mass is 275 g/mol. The van der Waals surface area contributed by atoms with Crippen LogP contribution >= 0.6 is 0 Å². The van der Waals surface area contributed by atoms with Crippen LogP contribution in [-0.4, -0.2) is 42.0 Å². The third-order valence-corrected chi connectivity index (χ3v) is 4.09. The van der Waals surface area contributed by atoms with Crippen molar-refractivity contribution >= 4 is 5.91 Å². The van der Waals surface area contributed by atoms with Crippen LogP contribution in [-0.2, 0) is 0 Å². The van der Waals surface area contributed by atoms with Crippen LogP contribution in [0.3, 0.4) is 0 Å². The first-order valence-corrected chi connectivity index (χ1v) is 7.66. The molecule has 1 aromatic heterocycles. The SMILES string of the molecule is CN(CCCNC(=O)c1cccnc1)C1CCCCC1. The number of carbonyl (C=O) groups excluding carboxylic acids is 1. The van der Waals surface area contributed by atoms with Gasteiger partial charge in [0.15, 0.2) is 0 Å². The topological polar surface area (TPSA) is 45.2 Å². The van der Waals surface area contributed by atoms with Crippen molar-refractivity contribution in [2.24, 2.45) is 0 Å². The van der Waals surface area contributed by atoms with E-state index in [1.54, 1.807) is 24.5 Å². The molecule has 0 atom stereocenters. The molecule has 0 unspecified atom stereocenters. The lowest BCUT2D eigenvalue weighted by molar-refractivity contribution is 0.0950. The zero-order chi connectivity index (χ0) is 14.2. The Balaban J connectivity index is 1.62. The summed E-state index contributed by atoms with van der Waals surface area (Å²) in [6.45, 7) is 1.78. The van der Waals surface area contributed by atoms with Gasteiger partial charge in [-0.1, -0.05) is 19.3 Å². The molecule has 0 radical (unpaired) electrons. The normalized spacial score (nSPS) is 16.3. The molecule has 0 aliphatic heterocycles. The van der Waals surface area contributed by atoms with Gasteiger partial charge in [0.05, 0.1) is 5.56 Å². The quantitative estimate of drug-likeness (QED) is 0.811. The van der Waals surface area contributed by atoms with E-state index in [-0.39, 0.29) is 5.91 Å². The zero-order valence-electron chi connectivity index (χ0n) is 12.3. The molecule has 4 nitrogen and oxygen atoms in total. The summed E-state index contributed by atoms with van der Waals surface area (Å²) in [7, 11) is 2.21. The van der Waals surface area contributed by atoms with E-state index in [2.05, 4.69) is 22.2 Å². The molecule has 110 valence electrons. The summed E-state index contributed by atoms with van der Waals surface area (Å²) < 4.78 is 0. The smallest absolute Gasteiger partial charge is 0.252 e. The fraction of sp³-hybridized carbons (Fsp3) is 0.625. The average Bonchev–Trinajstić information content (AvgIpc) is 2.53. The third kappa shape index (κ3) is 4.60. The van der Waals surface area contributed by atoms with Gasteiger partial charge in [0, 0.05) is 25.0 Å². The number of pyridine rings is 1. The van der Waals surface area contributed by atoms with Crippen molar-refractivity contribution < 1.29 is 4.79 Å². The van der Waals surface area contributed by atoms with E-state index >= 15 is 0 Å². The Bertz CT molecular complexity index is 401. The Labute approximate surface area is 121 Å². The maximum absolute atomic E-state index is 11.8. The molecule has 1 amide bonds. The number of hydrogen-bond acceptors (Lipinski definition) is 3. The zero-order valence-corrected chi connectivity index (χ0v) is 12.3. The number of aromatic nitrogens is 1. The number of nitrogens with zero attached hydrogens (tertiary/aromatic N) is 2. The second-order valence-corrected chi connectivity index (χ2v) is 5.62. The minimum atomic E-state index is -0.0292. The first-order valence-electron chi connectivity index (χ1n) is 7.66. The van der Waals surface area contributed by atoms with Gasteiger partial charge in [0.1, 0.15) is 0 Å². The fourth-order valence-electron chi connectivity index (χ4n) is 2.83. The van der Waals surface area contributed by atoms with Crippen LogP contribution in [0.2, 0.25) is 0 Å². The lowest BCUT2D eigenvalue weighted by Gasteiger charge is -2.31. The standard InChI is InChI=1S/C16H25N3O/c1-19(15-8-3-2-4-9-15)12-6-11-18-16(20)14-7-5-10-17-13-14/h5,7,10,13,15H,2-4,6,8-9,11-12H2,1H3,(H,18,20). The van der Waals surface area contributed by atoms with E-state index in [0.717, 1.165) is 25.6 Å². The van der Waals surface area contributed by atoms with Crippen molar-refractivity contribution in [3.63, 3.8) is 0 Å². The van der Waals surface area contributed by atoms with Crippen molar-refractivity contribution in [3.05, 3.63) is 30.1 Å². The molecular formula is C16H25N3O. The molecule has 4 heteroatoms. The van der Waals surface area contributed by atoms with Gasteiger partial charge >= 0.3 is 0 Å². The fourth-order valence-corrected chi connectivity index (χ4v) is 2.83. The van der Waals surface area contributed by atoms with E-state index in [1.807, 2.05) is 0 Å². The Morgan fingerprint density at radius 3 is 2.90 bits per heavy atom. The lowest BCUT2D eigenvalue weighted by Crippen LogP contribution is -2.35. The number of rotatable bonds is 6. The number of nitrogens with one attached hydrogen (secondary N) is 1. The van der Waals surface area contributed by atoms with Crippen molar-refractivity contribution in [3.8, 4) is 0 Å². The van der Waals surface area contributed by atoms with Crippen LogP contribution in [0.15, 0.2) is 24.5 Å². The molecule has 0 aromatic carbocycles. The molecule has 0 bridgehead atoms. The predicted octanol–water partition coefficient (Wildman–Crippen LogP) is 2.47. The summed E-state index contributed by atoms with van der Waals surface area (Å²) in [5.41, 5.74) is 0.633. The van der Waals surface area contributed by atoms with Gasteiger partial charge in [-0.15, -0.1) is 0 Å². The molecule has 1 saturated carbocycles. The second kappa shape index (κ2) is 8.00. The lowest BCUT2D eigenvalue weighted by atomic mass is 9.94. The van der Waals surface area contributed by atoms with E-state index in [0.29, 0.717) is 5.56 Å². The van der Waals surface area contributed by atoms with Gasteiger partial charge in [-0.3, -0.25) is 9.78 Å². The van der Waals surface area contributed by atoms with Gasteiger partial charge in [-0.25, -0.2) is 0 Å². The van der Waals surface area contributed by atoms with Gasteiger partial charge in [-0.2, -0.15) is 0 Å². The van der Waals surface area contributed by atoms with E-state index in [4.69, 9.17) is 0 Å². The maximum Gasteiger partial charge on any atom is 0.252 e. The van der Waals surface area contributed by atoms with Crippen molar-refractivity contribution in [1.29, 1.82) is 0 Å². The van der Waals surface area contributed by atoms with Gasteiger partial charge < -0.3 is 10.2 Å². The molecule has 1 aliphatic carbocycles. The third-order valence-electron chi connectivity index (χ3n) is 4.09. The Kier molecular flexibility index (Phi) is 5.99. The summed E-state index contributed by atoms with van der Waals surface area (Å²) in [5, 5.41) is 2.95. The van der Waals surface area contributed by atoms with E-state index < -0.39 is 0 Å². The Hall–Kier alpha value is -1.42. The first kappa shape index (κ1) is 15.0. The number of carbonyl (C=O) groups is 1. The number of hydrogen-bond donors (Lipinski definition) is 1. The first-order chi connectivity index (χ1) is 9.77. The summed E-state index contributed by atoms with van der Waals surface area (Å²) in [6, 6.07) is 4.32. The Morgan fingerprint density at radius 1 is 1.40 bits per heavy atom. The van der Waals surface area contributed by atoms with E-state index in [1.165, 1.54) is 32.1 Å². The maximum atomic E-state index is 11.8. The van der Waals surface area contributed by atoms with Crippen LogP contribution in [0.25, 0.3) is 0 Å². The van der Waals surface area contributed by atoms with Crippen molar-refractivity contribution in [2.75, 3.05) is 20.1 Å². The minimum absolute atomic E-state index is 0.0292. The van der Waals surface area contributed by atoms with Crippen LogP contribution in [0.1, 0.15) is 48.9 Å². The summed E-state index contributed by atoms with van der Waals surface area (Å²) in [5.74, 6) is -0.0292. The highest BCUT2D eigenvalue weighted by Gasteiger charge is 2.17. The van der Waals surface area contributed by atoms with Gasteiger partial charge in [0.25, 0.3) is 5.91 Å². The Morgan fingerprint density at radius 2 is 2.20 bits per heavy atom. The summed E-state index contributed by atoms with van der Waals surface area (Å²) in [6.07, 6.45) is 11.1. The van der Waals surface area contributed by atoms with Crippen LogP contribution in [0.4, 0.5) is 0 Å². The minimum Gasteiger partial charge on any atom is -0.352 e. The highest BCUT2D eigenvalue weighted by atomic mass is 16.1. The number of amides is 1. The summed E-state index contributed by atoms with van der Waals surface area (Å²) >= 11 is 0. The highest BCUT2D eigenvalue weighted by molar-refractivity contribution is 5.93. The molecule has 0 spiro atoms. The highest BCUT2D eigenvalue weighted by Crippen LogP contribution is 2.21. The molecular weight excluding hydrogens is 250 g/mol. The van der Waals surface area contributed by atoms with Gasteiger partial charge in [0.2, 0.25) is 0 Å². The van der Waals surface area contributed by atoms with Crippen molar-refractivity contribution in [1.82, 2.24) is 15.2 Å². The van der Waals surface area contributed by atoms with Crippen molar-refractivity contribution in [2.45, 2.75) is 44.6 Å². The van der Waals surface area contributed by atoms with E-state index in [9.17, 15) is 4.79 Å². The van der Waals surface area contributed by atoms with Crippen LogP contribution < -0.4 is 5.32 Å². The van der Waals surface area contributed by atoms with Gasteiger partial charge in [-0.05, 0) is 45.0 Å². The van der Waals surface area contributed by atoms with Crippen LogP contribution in [0.5, 0.6) is 0 Å². The predicted molar refractivity (Wildman–Crippen MR) is 80.7 cm³/mol. The summed E-state index contributed by atoms with van der Waals surface area (Å²) in [4.78, 5) is 18.2. The molecule has 1 fully saturated rings. The molecule has 1 N–H and O–H groups in total. The molecule has 1 aromatic rings. The second-order valence-electron chi connectivity index (χ2n) is 5.62. The molecule has 1 aliphatic rings. The van der Waals surface area contributed by atoms with Crippen LogP contribution in [0, 0.1) is 0 Å². The molecule has 2 rings (SSSR count). The molecule has 1 heterocycles.